The highest BCUT2D eigenvalue weighted by Crippen LogP contribution is 2.38. The Labute approximate surface area is 132 Å². The molecule has 1 aromatic heterocycles. The Morgan fingerprint density at radius 3 is 2.45 bits per heavy atom. The molecule has 0 radical (unpaired) electrons. The lowest BCUT2D eigenvalue weighted by Gasteiger charge is -2.32. The Morgan fingerprint density at radius 1 is 1.32 bits per heavy atom. The van der Waals surface area contributed by atoms with Crippen LogP contribution in [0.1, 0.15) is 40.2 Å². The molecule has 0 aliphatic carbocycles. The molecule has 0 saturated carbocycles. The summed E-state index contributed by atoms with van der Waals surface area (Å²) < 4.78 is 12.1. The molecule has 0 aromatic carbocycles. The van der Waals surface area contributed by atoms with Gasteiger partial charge in [0.25, 0.3) is 0 Å². The van der Waals surface area contributed by atoms with Gasteiger partial charge in [-0.15, -0.1) is 0 Å². The zero-order chi connectivity index (χ0) is 16.4. The molecule has 1 saturated heterocycles. The van der Waals surface area contributed by atoms with Crippen molar-refractivity contribution in [3.8, 4) is 0 Å². The van der Waals surface area contributed by atoms with Gasteiger partial charge in [0, 0.05) is 25.9 Å². The number of aromatic nitrogens is 1. The Hall–Kier alpha value is -1.66. The van der Waals surface area contributed by atoms with Gasteiger partial charge in [0.15, 0.2) is 0 Å². The van der Waals surface area contributed by atoms with E-state index in [-0.39, 0.29) is 5.91 Å². The lowest BCUT2D eigenvalue weighted by molar-refractivity contribution is -0.118. The average molecular weight is 302 g/mol. The lowest BCUT2D eigenvalue weighted by atomic mass is 9.77. The van der Waals surface area contributed by atoms with Crippen molar-refractivity contribution >= 4 is 19.1 Å². The number of amides is 1. The van der Waals surface area contributed by atoms with Crippen LogP contribution >= 0.6 is 0 Å². The lowest BCUT2D eigenvalue weighted by Crippen LogP contribution is -2.41. The number of carbonyl (C=O) groups excluding carboxylic acids is 1. The highest BCUT2D eigenvalue weighted by molar-refractivity contribution is 6.56. The number of pyridine rings is 1. The molecule has 1 amide bonds. The van der Waals surface area contributed by atoms with Crippen molar-refractivity contribution in [2.75, 3.05) is 6.54 Å². The van der Waals surface area contributed by atoms with Crippen LogP contribution in [0.25, 0.3) is 6.08 Å². The average Bonchev–Trinajstić information content (AvgIpc) is 2.64. The standard InChI is InChI=1S/C16H23BN2O3/c1-12(20)19-11-14(9-13-7-6-8-18-10-13)17-21-15(2,3)16(4,5)22-17/h6-10H,11H2,1-5H3,(H,19,20). The maximum atomic E-state index is 11.2. The molecular weight excluding hydrogens is 279 g/mol. The molecule has 6 heteroatoms. The van der Waals surface area contributed by atoms with Crippen molar-refractivity contribution < 1.29 is 14.1 Å². The molecule has 0 spiro atoms. The first kappa shape index (κ1) is 16.7. The minimum absolute atomic E-state index is 0.0893. The van der Waals surface area contributed by atoms with Crippen molar-refractivity contribution in [2.24, 2.45) is 0 Å². The second kappa shape index (κ2) is 6.22. The van der Waals surface area contributed by atoms with Crippen molar-refractivity contribution in [1.82, 2.24) is 10.3 Å². The van der Waals surface area contributed by atoms with E-state index in [2.05, 4.69) is 10.3 Å². The maximum Gasteiger partial charge on any atom is 0.492 e. The van der Waals surface area contributed by atoms with Gasteiger partial charge < -0.3 is 14.6 Å². The Kier molecular flexibility index (Phi) is 4.73. The number of hydrogen-bond acceptors (Lipinski definition) is 4. The Bertz CT molecular complexity index is 554. The number of rotatable bonds is 4. The second-order valence-corrected chi connectivity index (χ2v) is 6.50. The summed E-state index contributed by atoms with van der Waals surface area (Å²) in [6, 6.07) is 3.82. The number of carbonyl (C=O) groups is 1. The van der Waals surface area contributed by atoms with Crippen LogP contribution in [0.2, 0.25) is 0 Å². The molecule has 0 unspecified atom stereocenters. The van der Waals surface area contributed by atoms with Crippen LogP contribution in [-0.4, -0.2) is 35.8 Å². The summed E-state index contributed by atoms with van der Waals surface area (Å²) in [5.41, 5.74) is 0.975. The summed E-state index contributed by atoms with van der Waals surface area (Å²) in [5.74, 6) is -0.0893. The highest BCUT2D eigenvalue weighted by atomic mass is 16.7. The van der Waals surface area contributed by atoms with E-state index < -0.39 is 18.3 Å². The minimum Gasteiger partial charge on any atom is -0.400 e. The third kappa shape index (κ3) is 3.75. The smallest absolute Gasteiger partial charge is 0.400 e. The largest absolute Gasteiger partial charge is 0.492 e. The molecule has 1 aromatic rings. The first-order valence-corrected chi connectivity index (χ1v) is 7.42. The molecule has 5 nitrogen and oxygen atoms in total. The second-order valence-electron chi connectivity index (χ2n) is 6.50. The highest BCUT2D eigenvalue weighted by Gasteiger charge is 2.52. The van der Waals surface area contributed by atoms with Crippen LogP contribution in [0.15, 0.2) is 30.0 Å². The summed E-state index contributed by atoms with van der Waals surface area (Å²) in [6.45, 7) is 9.90. The fourth-order valence-corrected chi connectivity index (χ4v) is 2.10. The van der Waals surface area contributed by atoms with Crippen molar-refractivity contribution in [1.29, 1.82) is 0 Å². The van der Waals surface area contributed by atoms with Gasteiger partial charge in [0.1, 0.15) is 0 Å². The predicted octanol–water partition coefficient (Wildman–Crippen LogP) is 2.23. The van der Waals surface area contributed by atoms with E-state index in [0.717, 1.165) is 11.0 Å². The van der Waals surface area contributed by atoms with Crippen molar-refractivity contribution in [3.05, 3.63) is 35.6 Å². The molecule has 0 bridgehead atoms. The van der Waals surface area contributed by atoms with Crippen molar-refractivity contribution in [2.45, 2.75) is 45.8 Å². The zero-order valence-electron chi connectivity index (χ0n) is 13.8. The summed E-state index contributed by atoms with van der Waals surface area (Å²) in [7, 11) is -0.489. The van der Waals surface area contributed by atoms with Crippen LogP contribution in [0.3, 0.4) is 0 Å². The first-order chi connectivity index (χ1) is 10.2. The molecular formula is C16H23BN2O3. The van der Waals surface area contributed by atoms with Crippen LogP contribution in [-0.2, 0) is 14.1 Å². The van der Waals surface area contributed by atoms with E-state index in [1.807, 2.05) is 45.9 Å². The summed E-state index contributed by atoms with van der Waals surface area (Å²) >= 11 is 0. The number of nitrogens with zero attached hydrogens (tertiary/aromatic N) is 1. The summed E-state index contributed by atoms with van der Waals surface area (Å²) in [6.07, 6.45) is 5.43. The molecule has 22 heavy (non-hydrogen) atoms. The number of hydrogen-bond donors (Lipinski definition) is 1. The molecule has 1 N–H and O–H groups in total. The summed E-state index contributed by atoms with van der Waals surface area (Å²) in [5, 5.41) is 2.81. The fourth-order valence-electron chi connectivity index (χ4n) is 2.10. The Morgan fingerprint density at radius 2 is 1.95 bits per heavy atom. The third-order valence-corrected chi connectivity index (χ3v) is 4.13. The van der Waals surface area contributed by atoms with Gasteiger partial charge in [-0.3, -0.25) is 9.78 Å². The quantitative estimate of drug-likeness (QED) is 0.867. The van der Waals surface area contributed by atoms with Crippen LogP contribution in [0.4, 0.5) is 0 Å². The van der Waals surface area contributed by atoms with Gasteiger partial charge in [-0.2, -0.15) is 0 Å². The molecule has 2 rings (SSSR count). The SMILES string of the molecule is CC(=O)NCC(=Cc1cccnc1)B1OC(C)(C)C(C)(C)O1. The van der Waals surface area contributed by atoms with E-state index in [1.54, 1.807) is 12.4 Å². The van der Waals surface area contributed by atoms with E-state index in [9.17, 15) is 4.79 Å². The van der Waals surface area contributed by atoms with E-state index in [4.69, 9.17) is 9.31 Å². The maximum absolute atomic E-state index is 11.2. The van der Waals surface area contributed by atoms with Gasteiger partial charge in [-0.05, 0) is 44.8 Å². The Balaban J connectivity index is 2.26. The summed E-state index contributed by atoms with van der Waals surface area (Å²) in [4.78, 5) is 15.3. The van der Waals surface area contributed by atoms with Gasteiger partial charge >= 0.3 is 7.12 Å². The molecule has 1 aliphatic rings. The first-order valence-electron chi connectivity index (χ1n) is 7.42. The van der Waals surface area contributed by atoms with Gasteiger partial charge in [-0.1, -0.05) is 12.1 Å². The molecule has 0 atom stereocenters. The minimum atomic E-state index is -0.489. The molecule has 2 heterocycles. The van der Waals surface area contributed by atoms with E-state index in [0.29, 0.717) is 6.54 Å². The van der Waals surface area contributed by atoms with E-state index >= 15 is 0 Å². The fraction of sp³-hybridized carbons (Fsp3) is 0.500. The molecule has 1 fully saturated rings. The van der Waals surface area contributed by atoms with Crippen molar-refractivity contribution in [3.63, 3.8) is 0 Å². The molecule has 1 aliphatic heterocycles. The van der Waals surface area contributed by atoms with Gasteiger partial charge in [0.2, 0.25) is 5.91 Å². The zero-order valence-corrected chi connectivity index (χ0v) is 13.8. The number of nitrogens with one attached hydrogen (secondary N) is 1. The third-order valence-electron chi connectivity index (χ3n) is 4.13. The van der Waals surface area contributed by atoms with Gasteiger partial charge in [-0.25, -0.2) is 0 Å². The van der Waals surface area contributed by atoms with Crippen LogP contribution in [0.5, 0.6) is 0 Å². The molecule has 118 valence electrons. The van der Waals surface area contributed by atoms with E-state index in [1.165, 1.54) is 6.92 Å². The normalized spacial score (nSPS) is 20.0. The van der Waals surface area contributed by atoms with Gasteiger partial charge in [0.05, 0.1) is 11.2 Å². The van der Waals surface area contributed by atoms with Crippen LogP contribution < -0.4 is 5.32 Å². The van der Waals surface area contributed by atoms with Crippen LogP contribution in [0, 0.1) is 0 Å². The monoisotopic (exact) mass is 302 g/mol. The topological polar surface area (TPSA) is 60.5 Å². The predicted molar refractivity (Wildman–Crippen MR) is 87.0 cm³/mol.